The average Bonchev–Trinajstić information content (AvgIpc) is 2.09. The summed E-state index contributed by atoms with van der Waals surface area (Å²) >= 11 is 3.16. The minimum atomic E-state index is -1.21. The molecule has 1 aromatic rings. The van der Waals surface area contributed by atoms with Crippen molar-refractivity contribution >= 4 is 21.9 Å². The molecule has 0 aromatic heterocycles. The zero-order valence-corrected chi connectivity index (χ0v) is 9.55. The Hall–Kier alpha value is -1.03. The maximum atomic E-state index is 10.7. The van der Waals surface area contributed by atoms with E-state index in [0.29, 0.717) is 16.8 Å². The van der Waals surface area contributed by atoms with E-state index in [1.807, 2.05) is 13.8 Å². The van der Waals surface area contributed by atoms with Gasteiger partial charge in [0.2, 0.25) is 0 Å². The Balaban J connectivity index is 3.20. The smallest absolute Gasteiger partial charge is 0.122 e. The Morgan fingerprint density at radius 1 is 1.57 bits per heavy atom. The van der Waals surface area contributed by atoms with Gasteiger partial charge in [0.05, 0.1) is 12.6 Å². The fraction of sp³-hybridized carbons (Fsp3) is 0.300. The Morgan fingerprint density at radius 3 is 2.71 bits per heavy atom. The van der Waals surface area contributed by atoms with Gasteiger partial charge in [0.1, 0.15) is 5.75 Å². The van der Waals surface area contributed by atoms with Gasteiger partial charge in [0, 0.05) is 10.0 Å². The third kappa shape index (κ3) is 2.26. The summed E-state index contributed by atoms with van der Waals surface area (Å²) in [6, 6.07) is 3.17. The second kappa shape index (κ2) is 4.46. The monoisotopic (exact) mass is 257 g/mol. The van der Waals surface area contributed by atoms with E-state index >= 15 is 0 Å². The lowest BCUT2D eigenvalue weighted by molar-refractivity contribution is -0.255. The van der Waals surface area contributed by atoms with Crippen molar-refractivity contribution in [3.63, 3.8) is 0 Å². The van der Waals surface area contributed by atoms with Crippen molar-refractivity contribution in [3.05, 3.63) is 27.7 Å². The number of hydrogen-bond donors (Lipinski definition) is 0. The Kier molecular flexibility index (Phi) is 3.52. The van der Waals surface area contributed by atoms with E-state index in [2.05, 4.69) is 15.9 Å². The van der Waals surface area contributed by atoms with E-state index in [9.17, 15) is 9.90 Å². The summed E-state index contributed by atoms with van der Waals surface area (Å²) in [6.45, 7) is 4.21. The first-order valence-electron chi connectivity index (χ1n) is 4.20. The second-order valence-electron chi connectivity index (χ2n) is 2.82. The molecule has 1 rings (SSSR count). The topological polar surface area (TPSA) is 49.4 Å². The van der Waals surface area contributed by atoms with Crippen LogP contribution in [0.1, 0.15) is 22.8 Å². The molecule has 0 aliphatic heterocycles. The predicted octanol–water partition coefficient (Wildman–Crippen LogP) is 1.52. The molecule has 0 N–H and O–H groups in total. The van der Waals surface area contributed by atoms with Crippen LogP contribution in [0.15, 0.2) is 16.6 Å². The van der Waals surface area contributed by atoms with E-state index in [4.69, 9.17) is 4.74 Å². The number of aromatic carboxylic acids is 1. The van der Waals surface area contributed by atoms with Gasteiger partial charge in [-0.25, -0.2) is 0 Å². The molecule has 76 valence electrons. The molecule has 0 saturated heterocycles. The summed E-state index contributed by atoms with van der Waals surface area (Å²) in [5, 5.41) is 10.7. The van der Waals surface area contributed by atoms with Crippen LogP contribution in [0, 0.1) is 6.92 Å². The van der Waals surface area contributed by atoms with Crippen molar-refractivity contribution in [1.82, 2.24) is 0 Å². The summed E-state index contributed by atoms with van der Waals surface area (Å²) in [5.41, 5.74) is 1.00. The number of carbonyl (C=O) groups excluding carboxylic acids is 1. The molecule has 1 aromatic carbocycles. The SMILES string of the molecule is CCOc1cc(C(=O)[O-])c(Br)cc1C. The van der Waals surface area contributed by atoms with E-state index in [0.717, 1.165) is 5.56 Å². The number of benzene rings is 1. The summed E-state index contributed by atoms with van der Waals surface area (Å²) in [6.07, 6.45) is 0. The average molecular weight is 258 g/mol. The first kappa shape index (κ1) is 11.0. The number of halogens is 1. The van der Waals surface area contributed by atoms with Crippen LogP contribution in [-0.4, -0.2) is 12.6 Å². The fourth-order valence-electron chi connectivity index (χ4n) is 1.12. The molecule has 0 aliphatic rings. The standard InChI is InChI=1S/C10H11BrO3/c1-3-14-9-5-7(10(12)13)8(11)4-6(9)2/h4-5H,3H2,1-2H3,(H,12,13)/p-1. The van der Waals surface area contributed by atoms with Crippen molar-refractivity contribution in [1.29, 1.82) is 0 Å². The number of carboxylic acids is 1. The fourth-order valence-corrected chi connectivity index (χ4v) is 1.74. The third-order valence-corrected chi connectivity index (χ3v) is 2.44. The maximum absolute atomic E-state index is 10.7. The molecule has 0 spiro atoms. The van der Waals surface area contributed by atoms with Crippen LogP contribution >= 0.6 is 15.9 Å². The van der Waals surface area contributed by atoms with Crippen LogP contribution < -0.4 is 9.84 Å². The Morgan fingerprint density at radius 2 is 2.21 bits per heavy atom. The van der Waals surface area contributed by atoms with Crippen LogP contribution in [0.5, 0.6) is 5.75 Å². The number of hydrogen-bond acceptors (Lipinski definition) is 3. The Labute approximate surface area is 90.8 Å². The van der Waals surface area contributed by atoms with Crippen molar-refractivity contribution in [2.24, 2.45) is 0 Å². The van der Waals surface area contributed by atoms with Crippen LogP contribution in [0.25, 0.3) is 0 Å². The molecule has 0 fully saturated rings. The van der Waals surface area contributed by atoms with Gasteiger partial charge in [-0.15, -0.1) is 0 Å². The van der Waals surface area contributed by atoms with Crippen molar-refractivity contribution < 1.29 is 14.6 Å². The van der Waals surface area contributed by atoms with Gasteiger partial charge in [-0.3, -0.25) is 0 Å². The van der Waals surface area contributed by atoms with Crippen LogP contribution in [-0.2, 0) is 0 Å². The molecule has 0 atom stereocenters. The van der Waals surface area contributed by atoms with Gasteiger partial charge in [-0.2, -0.15) is 0 Å². The number of carbonyl (C=O) groups is 1. The third-order valence-electron chi connectivity index (χ3n) is 1.78. The molecule has 14 heavy (non-hydrogen) atoms. The molecule has 0 bridgehead atoms. The highest BCUT2D eigenvalue weighted by atomic mass is 79.9. The lowest BCUT2D eigenvalue weighted by atomic mass is 10.1. The van der Waals surface area contributed by atoms with Crippen LogP contribution in [0.2, 0.25) is 0 Å². The molecular weight excluding hydrogens is 248 g/mol. The lowest BCUT2D eigenvalue weighted by Gasteiger charge is -2.11. The Bertz CT molecular complexity index is 361. The normalized spacial score (nSPS) is 9.93. The maximum Gasteiger partial charge on any atom is 0.122 e. The van der Waals surface area contributed by atoms with Gasteiger partial charge < -0.3 is 14.6 Å². The van der Waals surface area contributed by atoms with Crippen LogP contribution in [0.3, 0.4) is 0 Å². The van der Waals surface area contributed by atoms with Gasteiger partial charge in [0.15, 0.2) is 0 Å². The molecule has 0 amide bonds. The second-order valence-corrected chi connectivity index (χ2v) is 3.67. The molecule has 0 heterocycles. The number of rotatable bonds is 3. The van der Waals surface area contributed by atoms with Crippen molar-refractivity contribution in [2.45, 2.75) is 13.8 Å². The highest BCUT2D eigenvalue weighted by Gasteiger charge is 2.06. The molecule has 0 aliphatic carbocycles. The summed E-state index contributed by atoms with van der Waals surface area (Å²) in [7, 11) is 0. The van der Waals surface area contributed by atoms with E-state index in [-0.39, 0.29) is 5.56 Å². The highest BCUT2D eigenvalue weighted by Crippen LogP contribution is 2.26. The van der Waals surface area contributed by atoms with E-state index in [1.54, 1.807) is 6.07 Å². The van der Waals surface area contributed by atoms with Gasteiger partial charge in [0.25, 0.3) is 0 Å². The highest BCUT2D eigenvalue weighted by molar-refractivity contribution is 9.10. The zero-order valence-electron chi connectivity index (χ0n) is 7.96. The first-order valence-corrected chi connectivity index (χ1v) is 4.99. The molecule has 0 saturated carbocycles. The quantitative estimate of drug-likeness (QED) is 0.825. The summed E-state index contributed by atoms with van der Waals surface area (Å²) in [5.74, 6) is -0.632. The molecule has 0 unspecified atom stereocenters. The van der Waals surface area contributed by atoms with Crippen LogP contribution in [0.4, 0.5) is 0 Å². The summed E-state index contributed by atoms with van der Waals surface area (Å²) < 4.78 is 5.78. The van der Waals surface area contributed by atoms with Gasteiger partial charge in [-0.05, 0) is 31.5 Å². The lowest BCUT2D eigenvalue weighted by Crippen LogP contribution is -2.22. The van der Waals surface area contributed by atoms with Gasteiger partial charge >= 0.3 is 0 Å². The minimum Gasteiger partial charge on any atom is -0.545 e. The minimum absolute atomic E-state index is 0.110. The first-order chi connectivity index (χ1) is 6.56. The van der Waals surface area contributed by atoms with Gasteiger partial charge in [-0.1, -0.05) is 15.9 Å². The zero-order chi connectivity index (χ0) is 10.7. The van der Waals surface area contributed by atoms with Crippen molar-refractivity contribution in [2.75, 3.05) is 6.61 Å². The largest absolute Gasteiger partial charge is 0.545 e. The van der Waals surface area contributed by atoms with E-state index < -0.39 is 5.97 Å². The number of carboxylic acid groups (broad SMARTS) is 1. The number of aryl methyl sites for hydroxylation is 1. The molecular formula is C10H10BrO3-. The molecule has 4 heteroatoms. The molecule has 0 radical (unpaired) electrons. The molecule has 3 nitrogen and oxygen atoms in total. The number of ether oxygens (including phenoxy) is 1. The van der Waals surface area contributed by atoms with Crippen molar-refractivity contribution in [3.8, 4) is 5.75 Å². The van der Waals surface area contributed by atoms with E-state index in [1.165, 1.54) is 6.07 Å². The predicted molar refractivity (Wildman–Crippen MR) is 54.4 cm³/mol. The summed E-state index contributed by atoms with van der Waals surface area (Å²) in [4.78, 5) is 10.7.